The van der Waals surface area contributed by atoms with E-state index in [2.05, 4.69) is 0 Å². The summed E-state index contributed by atoms with van der Waals surface area (Å²) in [4.78, 5) is 0. The Balaban J connectivity index is 3.42. The third-order valence-electron chi connectivity index (χ3n) is 3.28. The molecule has 1 aromatic rings. The standard InChI is InChI=1S/C15H16F6N2O2S2/c1-10(2)26-9-23(27(24,25)6-5-22)8-11-7-12(14(16,17)18)3-4-13(11)15(19,20)21/h3-4,7,10H,6,8-9H2,1-2H3. The van der Waals surface area contributed by atoms with Crippen molar-refractivity contribution < 1.29 is 34.8 Å². The van der Waals surface area contributed by atoms with Gasteiger partial charge in [-0.05, 0) is 23.8 Å². The minimum absolute atomic E-state index is 0.0895. The molecule has 0 unspecified atom stereocenters. The molecule has 0 atom stereocenters. The van der Waals surface area contributed by atoms with E-state index in [0.29, 0.717) is 10.4 Å². The quantitative estimate of drug-likeness (QED) is 0.469. The zero-order valence-corrected chi connectivity index (χ0v) is 15.9. The van der Waals surface area contributed by atoms with Gasteiger partial charge in [0.25, 0.3) is 0 Å². The molecule has 0 N–H and O–H groups in total. The summed E-state index contributed by atoms with van der Waals surface area (Å²) in [5.41, 5.74) is -3.51. The first-order chi connectivity index (χ1) is 12.2. The molecule has 0 saturated heterocycles. The fourth-order valence-corrected chi connectivity index (χ4v) is 4.06. The van der Waals surface area contributed by atoms with Crippen LogP contribution in [0.4, 0.5) is 26.3 Å². The van der Waals surface area contributed by atoms with Crippen molar-refractivity contribution in [2.24, 2.45) is 0 Å². The minimum atomic E-state index is -4.96. The number of sulfonamides is 1. The first-order valence-corrected chi connectivity index (χ1v) is 10.1. The number of halogens is 6. The molecule has 0 radical (unpaired) electrons. The Morgan fingerprint density at radius 2 is 1.74 bits per heavy atom. The highest BCUT2D eigenvalue weighted by Crippen LogP contribution is 2.37. The molecule has 0 heterocycles. The van der Waals surface area contributed by atoms with Crippen molar-refractivity contribution in [2.75, 3.05) is 11.6 Å². The smallest absolute Gasteiger partial charge is 0.211 e. The molecule has 0 amide bonds. The molecule has 27 heavy (non-hydrogen) atoms. The van der Waals surface area contributed by atoms with E-state index < -0.39 is 51.4 Å². The number of rotatable bonds is 7. The topological polar surface area (TPSA) is 61.2 Å². The van der Waals surface area contributed by atoms with Crippen molar-refractivity contribution in [3.63, 3.8) is 0 Å². The monoisotopic (exact) mass is 434 g/mol. The fourth-order valence-electron chi connectivity index (χ4n) is 2.00. The van der Waals surface area contributed by atoms with E-state index in [1.807, 2.05) is 0 Å². The van der Waals surface area contributed by atoms with Gasteiger partial charge in [0.05, 0.1) is 23.1 Å². The lowest BCUT2D eigenvalue weighted by Gasteiger charge is -2.24. The summed E-state index contributed by atoms with van der Waals surface area (Å²) in [6.45, 7) is 2.50. The van der Waals surface area contributed by atoms with Crippen LogP contribution in [0.2, 0.25) is 0 Å². The first-order valence-electron chi connectivity index (χ1n) is 7.42. The van der Waals surface area contributed by atoms with Crippen molar-refractivity contribution in [3.8, 4) is 6.07 Å². The second kappa shape index (κ2) is 8.70. The largest absolute Gasteiger partial charge is 0.416 e. The molecule has 0 aromatic heterocycles. The van der Waals surface area contributed by atoms with Gasteiger partial charge in [0, 0.05) is 11.8 Å². The van der Waals surface area contributed by atoms with Gasteiger partial charge in [0.2, 0.25) is 10.0 Å². The van der Waals surface area contributed by atoms with Crippen molar-refractivity contribution in [1.29, 1.82) is 5.26 Å². The van der Waals surface area contributed by atoms with E-state index in [0.717, 1.165) is 11.8 Å². The zero-order valence-electron chi connectivity index (χ0n) is 14.2. The van der Waals surface area contributed by atoms with E-state index >= 15 is 0 Å². The number of nitriles is 1. The number of hydrogen-bond acceptors (Lipinski definition) is 4. The highest BCUT2D eigenvalue weighted by atomic mass is 32.2. The van der Waals surface area contributed by atoms with Gasteiger partial charge in [0.1, 0.15) is 0 Å². The molecular formula is C15H16F6N2O2S2. The molecule has 0 aliphatic carbocycles. The summed E-state index contributed by atoms with van der Waals surface area (Å²) >= 11 is 1.07. The molecule has 0 fully saturated rings. The fraction of sp³-hybridized carbons (Fsp3) is 0.533. The van der Waals surface area contributed by atoms with Crippen LogP contribution in [-0.4, -0.2) is 29.6 Å². The maximum Gasteiger partial charge on any atom is 0.416 e. The molecule has 152 valence electrons. The van der Waals surface area contributed by atoms with E-state index in [1.165, 1.54) is 6.07 Å². The molecule has 0 saturated carbocycles. The van der Waals surface area contributed by atoms with Crippen LogP contribution in [0.1, 0.15) is 30.5 Å². The molecular weight excluding hydrogens is 418 g/mol. The summed E-state index contributed by atoms with van der Waals surface area (Å²) < 4.78 is 103. The van der Waals surface area contributed by atoms with Crippen LogP contribution in [0, 0.1) is 11.3 Å². The van der Waals surface area contributed by atoms with Crippen molar-refractivity contribution in [3.05, 3.63) is 34.9 Å². The van der Waals surface area contributed by atoms with Crippen LogP contribution in [0.15, 0.2) is 18.2 Å². The van der Waals surface area contributed by atoms with Crippen LogP contribution in [0.25, 0.3) is 0 Å². The molecule has 12 heteroatoms. The van der Waals surface area contributed by atoms with Gasteiger partial charge in [-0.15, -0.1) is 11.8 Å². The predicted molar refractivity (Wildman–Crippen MR) is 89.0 cm³/mol. The van der Waals surface area contributed by atoms with Crippen LogP contribution in [0.3, 0.4) is 0 Å². The first kappa shape index (κ1) is 23.6. The molecule has 0 spiro atoms. The maximum absolute atomic E-state index is 13.2. The third-order valence-corrected chi connectivity index (χ3v) is 6.11. The number of nitrogens with zero attached hydrogens (tertiary/aromatic N) is 2. The van der Waals surface area contributed by atoms with Crippen molar-refractivity contribution >= 4 is 21.8 Å². The number of thioether (sulfide) groups is 1. The Labute approximate surface area is 157 Å². The Bertz CT molecular complexity index is 798. The Morgan fingerprint density at radius 1 is 1.15 bits per heavy atom. The van der Waals surface area contributed by atoms with E-state index in [9.17, 15) is 34.8 Å². The Morgan fingerprint density at radius 3 is 2.19 bits per heavy atom. The second-order valence-electron chi connectivity index (χ2n) is 5.74. The summed E-state index contributed by atoms with van der Waals surface area (Å²) in [5.74, 6) is -1.29. The van der Waals surface area contributed by atoms with E-state index in [1.54, 1.807) is 13.8 Å². The van der Waals surface area contributed by atoms with Gasteiger partial charge in [-0.25, -0.2) is 8.42 Å². The van der Waals surface area contributed by atoms with Crippen molar-refractivity contribution in [2.45, 2.75) is 38.0 Å². The lowest BCUT2D eigenvalue weighted by Crippen LogP contribution is -2.33. The van der Waals surface area contributed by atoms with E-state index in [4.69, 9.17) is 5.26 Å². The van der Waals surface area contributed by atoms with Gasteiger partial charge < -0.3 is 0 Å². The Hall–Kier alpha value is -1.45. The molecule has 0 aliphatic heterocycles. The van der Waals surface area contributed by atoms with Crippen LogP contribution < -0.4 is 0 Å². The summed E-state index contributed by atoms with van der Waals surface area (Å²) in [6.07, 6.45) is -9.85. The predicted octanol–water partition coefficient (Wildman–Crippen LogP) is 4.48. The number of alkyl halides is 6. The molecule has 0 aliphatic rings. The zero-order chi connectivity index (χ0) is 21.0. The van der Waals surface area contributed by atoms with Crippen LogP contribution in [-0.2, 0) is 28.9 Å². The maximum atomic E-state index is 13.2. The molecule has 0 bridgehead atoms. The van der Waals surface area contributed by atoms with Gasteiger partial charge in [-0.3, -0.25) is 0 Å². The number of hydrogen-bond donors (Lipinski definition) is 0. The average molecular weight is 434 g/mol. The second-order valence-corrected chi connectivity index (χ2v) is 9.24. The molecule has 4 nitrogen and oxygen atoms in total. The van der Waals surface area contributed by atoms with Crippen LogP contribution in [0.5, 0.6) is 0 Å². The molecule has 1 rings (SSSR count). The van der Waals surface area contributed by atoms with Crippen LogP contribution >= 0.6 is 11.8 Å². The lowest BCUT2D eigenvalue weighted by atomic mass is 10.0. The highest BCUT2D eigenvalue weighted by molar-refractivity contribution is 8.00. The summed E-state index contributed by atoms with van der Waals surface area (Å²) in [6, 6.07) is 2.27. The molecule has 1 aromatic carbocycles. The van der Waals surface area contributed by atoms with Gasteiger partial charge in [-0.2, -0.15) is 35.9 Å². The van der Waals surface area contributed by atoms with Crippen molar-refractivity contribution in [1.82, 2.24) is 4.31 Å². The van der Waals surface area contributed by atoms with Gasteiger partial charge in [0.15, 0.2) is 5.75 Å². The normalized spacial score (nSPS) is 13.2. The summed E-state index contributed by atoms with van der Waals surface area (Å²) in [5, 5.41) is 8.55. The average Bonchev–Trinajstić information content (AvgIpc) is 2.48. The van der Waals surface area contributed by atoms with E-state index in [-0.39, 0.29) is 23.3 Å². The van der Waals surface area contributed by atoms with Gasteiger partial charge in [-0.1, -0.05) is 13.8 Å². The number of benzene rings is 1. The summed E-state index contributed by atoms with van der Waals surface area (Å²) in [7, 11) is -4.27. The third kappa shape index (κ3) is 6.90. The SMILES string of the molecule is CC(C)SCN(Cc1cc(C(F)(F)F)ccc1C(F)(F)F)S(=O)(=O)CC#N. The highest BCUT2D eigenvalue weighted by Gasteiger charge is 2.38. The van der Waals surface area contributed by atoms with Gasteiger partial charge >= 0.3 is 12.4 Å². The minimum Gasteiger partial charge on any atom is -0.211 e. The lowest BCUT2D eigenvalue weighted by molar-refractivity contribution is -0.142. The Kier molecular flexibility index (Phi) is 7.60.